The van der Waals surface area contributed by atoms with Crippen LogP contribution in [-0.2, 0) is 4.79 Å². The van der Waals surface area contributed by atoms with E-state index < -0.39 is 12.0 Å². The Morgan fingerprint density at radius 3 is 2.35 bits per heavy atom. The van der Waals surface area contributed by atoms with Crippen molar-refractivity contribution >= 4 is 23.6 Å². The van der Waals surface area contributed by atoms with Gasteiger partial charge in [0.15, 0.2) is 0 Å². The van der Waals surface area contributed by atoms with Gasteiger partial charge in [0.05, 0.1) is 0 Å². The minimum atomic E-state index is -0.962. The van der Waals surface area contributed by atoms with Crippen molar-refractivity contribution in [1.29, 1.82) is 0 Å². The lowest BCUT2D eigenvalue weighted by Gasteiger charge is -2.27. The Balaban J connectivity index is 1.97. The molecule has 0 saturated carbocycles. The summed E-state index contributed by atoms with van der Waals surface area (Å²) in [6, 6.07) is 16.0. The zero-order valence-electron chi connectivity index (χ0n) is 12.7. The predicted molar refractivity (Wildman–Crippen MR) is 90.4 cm³/mol. The van der Waals surface area contributed by atoms with Crippen LogP contribution in [0, 0.1) is 6.92 Å². The fraction of sp³-hybridized carbons (Fsp3) is 0.222. The van der Waals surface area contributed by atoms with Crippen LogP contribution in [0.4, 0.5) is 0 Å². The number of carbonyl (C=O) groups is 2. The van der Waals surface area contributed by atoms with E-state index in [-0.39, 0.29) is 11.3 Å². The monoisotopic (exact) mass is 327 g/mol. The second kappa shape index (κ2) is 6.46. The number of hydrogen-bond acceptors (Lipinski definition) is 3. The van der Waals surface area contributed by atoms with Crippen LogP contribution >= 0.6 is 11.8 Å². The quantitative estimate of drug-likeness (QED) is 0.939. The molecule has 1 aliphatic heterocycles. The summed E-state index contributed by atoms with van der Waals surface area (Å²) >= 11 is 1.49. The maximum Gasteiger partial charge on any atom is 0.327 e. The van der Waals surface area contributed by atoms with Gasteiger partial charge in [-0.3, -0.25) is 4.79 Å². The third kappa shape index (κ3) is 3.10. The van der Waals surface area contributed by atoms with Gasteiger partial charge in [-0.2, -0.15) is 0 Å². The molecular weight excluding hydrogens is 310 g/mol. The number of nitrogens with zero attached hydrogens (tertiary/aromatic N) is 1. The fourth-order valence-corrected chi connectivity index (χ4v) is 4.08. The number of benzene rings is 2. The van der Waals surface area contributed by atoms with E-state index in [9.17, 15) is 14.7 Å². The molecule has 1 saturated heterocycles. The van der Waals surface area contributed by atoms with Crippen molar-refractivity contribution in [2.45, 2.75) is 18.3 Å². The standard InChI is InChI=1S/C18H17NO3S/c1-12-7-9-13(10-8-12)16(20)19-15(18(21)22)11-23-17(19)14-5-3-2-4-6-14/h2-10,15,17H,11H2,1H3,(H,21,22). The van der Waals surface area contributed by atoms with Crippen molar-refractivity contribution in [3.05, 3.63) is 71.3 Å². The predicted octanol–water partition coefficient (Wildman–Crippen LogP) is 3.34. The topological polar surface area (TPSA) is 57.6 Å². The number of rotatable bonds is 3. The molecule has 2 unspecified atom stereocenters. The molecule has 1 aliphatic rings. The lowest BCUT2D eigenvalue weighted by molar-refractivity contribution is -0.141. The van der Waals surface area contributed by atoms with Crippen molar-refractivity contribution < 1.29 is 14.7 Å². The number of amides is 1. The number of carboxylic acids is 1. The molecular formula is C18H17NO3S. The van der Waals surface area contributed by atoms with Crippen molar-refractivity contribution in [3.8, 4) is 0 Å². The molecule has 118 valence electrons. The Bertz CT molecular complexity index is 715. The highest BCUT2D eigenvalue weighted by Crippen LogP contribution is 2.42. The minimum absolute atomic E-state index is 0.240. The van der Waals surface area contributed by atoms with E-state index in [4.69, 9.17) is 0 Å². The van der Waals surface area contributed by atoms with Gasteiger partial charge in [0.25, 0.3) is 5.91 Å². The van der Waals surface area contributed by atoms with E-state index in [1.165, 1.54) is 16.7 Å². The Labute approximate surface area is 139 Å². The summed E-state index contributed by atoms with van der Waals surface area (Å²) in [4.78, 5) is 26.0. The molecule has 0 aliphatic carbocycles. The molecule has 2 atom stereocenters. The Morgan fingerprint density at radius 1 is 1.09 bits per heavy atom. The van der Waals surface area contributed by atoms with Crippen LogP contribution in [0.2, 0.25) is 0 Å². The van der Waals surface area contributed by atoms with Crippen LogP contribution in [0.3, 0.4) is 0 Å². The Kier molecular flexibility index (Phi) is 4.39. The number of carbonyl (C=O) groups excluding carboxylic acids is 1. The number of hydrogen-bond donors (Lipinski definition) is 1. The van der Waals surface area contributed by atoms with E-state index in [1.807, 2.05) is 49.4 Å². The molecule has 1 fully saturated rings. The maximum absolute atomic E-state index is 12.9. The summed E-state index contributed by atoms with van der Waals surface area (Å²) in [7, 11) is 0. The van der Waals surface area contributed by atoms with Crippen LogP contribution in [-0.4, -0.2) is 33.7 Å². The first-order valence-electron chi connectivity index (χ1n) is 7.36. The molecule has 0 spiro atoms. The normalized spacial score (nSPS) is 20.5. The number of aryl methyl sites for hydroxylation is 1. The van der Waals surface area contributed by atoms with Gasteiger partial charge in [-0.1, -0.05) is 48.0 Å². The van der Waals surface area contributed by atoms with Gasteiger partial charge < -0.3 is 10.0 Å². The van der Waals surface area contributed by atoms with Gasteiger partial charge in [-0.25, -0.2) is 4.79 Å². The summed E-state index contributed by atoms with van der Waals surface area (Å²) in [5, 5.41) is 9.21. The molecule has 3 rings (SSSR count). The van der Waals surface area contributed by atoms with Crippen molar-refractivity contribution in [2.24, 2.45) is 0 Å². The maximum atomic E-state index is 12.9. The second-order valence-corrected chi connectivity index (χ2v) is 6.64. The first kappa shape index (κ1) is 15.6. The van der Waals surface area contributed by atoms with E-state index in [1.54, 1.807) is 12.1 Å². The largest absolute Gasteiger partial charge is 0.480 e. The summed E-state index contributed by atoms with van der Waals surface area (Å²) in [5.74, 6) is -0.806. The lowest BCUT2D eigenvalue weighted by atomic mass is 10.1. The molecule has 0 radical (unpaired) electrons. The molecule has 0 aromatic heterocycles. The Hall–Kier alpha value is -2.27. The average Bonchev–Trinajstić information content (AvgIpc) is 3.01. The third-order valence-electron chi connectivity index (χ3n) is 3.90. The summed E-state index contributed by atoms with van der Waals surface area (Å²) in [5.41, 5.74) is 2.53. The number of aliphatic carboxylic acids is 1. The minimum Gasteiger partial charge on any atom is -0.480 e. The van der Waals surface area contributed by atoms with Crippen molar-refractivity contribution in [1.82, 2.24) is 4.90 Å². The van der Waals surface area contributed by atoms with Gasteiger partial charge in [0.2, 0.25) is 0 Å². The smallest absolute Gasteiger partial charge is 0.327 e. The van der Waals surface area contributed by atoms with Crippen LogP contribution < -0.4 is 0 Å². The number of thioether (sulfide) groups is 1. The molecule has 1 heterocycles. The highest BCUT2D eigenvalue weighted by atomic mass is 32.2. The summed E-state index contributed by atoms with van der Waals surface area (Å²) in [6.07, 6.45) is 0. The zero-order valence-corrected chi connectivity index (χ0v) is 13.5. The van der Waals surface area contributed by atoms with Crippen LogP contribution in [0.5, 0.6) is 0 Å². The molecule has 4 nitrogen and oxygen atoms in total. The molecule has 2 aromatic rings. The van der Waals surface area contributed by atoms with E-state index in [2.05, 4.69) is 0 Å². The van der Waals surface area contributed by atoms with Crippen LogP contribution in [0.1, 0.15) is 26.9 Å². The fourth-order valence-electron chi connectivity index (χ4n) is 2.66. The molecule has 0 bridgehead atoms. The van der Waals surface area contributed by atoms with Gasteiger partial charge in [-0.15, -0.1) is 11.8 Å². The zero-order chi connectivity index (χ0) is 16.4. The highest BCUT2D eigenvalue weighted by molar-refractivity contribution is 7.99. The second-order valence-electron chi connectivity index (χ2n) is 5.53. The Morgan fingerprint density at radius 2 is 1.74 bits per heavy atom. The summed E-state index contributed by atoms with van der Waals surface area (Å²) < 4.78 is 0. The molecule has 1 amide bonds. The first-order valence-corrected chi connectivity index (χ1v) is 8.41. The third-order valence-corrected chi connectivity index (χ3v) is 5.23. The van der Waals surface area contributed by atoms with Crippen LogP contribution in [0.15, 0.2) is 54.6 Å². The van der Waals surface area contributed by atoms with Gasteiger partial charge in [-0.05, 0) is 24.6 Å². The van der Waals surface area contributed by atoms with Crippen molar-refractivity contribution in [2.75, 3.05) is 5.75 Å². The molecule has 23 heavy (non-hydrogen) atoms. The molecule has 5 heteroatoms. The molecule has 1 N–H and O–H groups in total. The van der Waals surface area contributed by atoms with E-state index >= 15 is 0 Å². The summed E-state index contributed by atoms with van der Waals surface area (Å²) in [6.45, 7) is 1.95. The lowest BCUT2D eigenvalue weighted by Crippen LogP contribution is -2.42. The van der Waals surface area contributed by atoms with E-state index in [0.29, 0.717) is 11.3 Å². The van der Waals surface area contributed by atoms with Crippen LogP contribution in [0.25, 0.3) is 0 Å². The first-order chi connectivity index (χ1) is 11.1. The van der Waals surface area contributed by atoms with Gasteiger partial charge in [0.1, 0.15) is 11.4 Å². The SMILES string of the molecule is Cc1ccc(C(=O)N2C(C(=O)O)CSC2c2ccccc2)cc1. The average molecular weight is 327 g/mol. The highest BCUT2D eigenvalue weighted by Gasteiger charge is 2.42. The molecule has 2 aromatic carbocycles. The van der Waals surface area contributed by atoms with Crippen molar-refractivity contribution in [3.63, 3.8) is 0 Å². The van der Waals surface area contributed by atoms with Gasteiger partial charge >= 0.3 is 5.97 Å². The number of carboxylic acid groups (broad SMARTS) is 1. The van der Waals surface area contributed by atoms with E-state index in [0.717, 1.165) is 11.1 Å². The van der Waals surface area contributed by atoms with Gasteiger partial charge in [0, 0.05) is 11.3 Å².